The number of nitrogens with one attached hydrogen (secondary N) is 1. The minimum atomic E-state index is 0.473. The molecule has 0 saturated heterocycles. The minimum Gasteiger partial charge on any atom is -0.486 e. The number of aromatic nitrogens is 2. The van der Waals surface area contributed by atoms with Gasteiger partial charge in [-0.2, -0.15) is 5.10 Å². The van der Waals surface area contributed by atoms with Crippen LogP contribution in [0.1, 0.15) is 25.1 Å². The maximum Gasteiger partial charge on any atom is 0.138 e. The second-order valence-corrected chi connectivity index (χ2v) is 6.38. The van der Waals surface area contributed by atoms with E-state index in [0.29, 0.717) is 12.5 Å². The smallest absolute Gasteiger partial charge is 0.138 e. The molecule has 0 amide bonds. The molecule has 0 radical (unpaired) electrons. The predicted molar refractivity (Wildman–Crippen MR) is 88.2 cm³/mol. The van der Waals surface area contributed by atoms with Crippen molar-refractivity contribution in [3.63, 3.8) is 0 Å². The van der Waals surface area contributed by atoms with Crippen LogP contribution >= 0.6 is 15.9 Å². The predicted octanol–water partition coefficient (Wildman–Crippen LogP) is 3.51. The number of benzene rings is 1. The highest BCUT2D eigenvalue weighted by atomic mass is 79.9. The fourth-order valence-corrected chi connectivity index (χ4v) is 2.56. The van der Waals surface area contributed by atoms with E-state index in [2.05, 4.69) is 46.3 Å². The van der Waals surface area contributed by atoms with E-state index in [0.717, 1.165) is 34.6 Å². The number of halogens is 1. The van der Waals surface area contributed by atoms with E-state index in [1.54, 1.807) is 4.68 Å². The number of hydrogen-bond acceptors (Lipinski definition) is 3. The second-order valence-electron chi connectivity index (χ2n) is 5.52. The molecule has 0 bridgehead atoms. The minimum absolute atomic E-state index is 0.473. The highest BCUT2D eigenvalue weighted by Gasteiger charge is 2.09. The van der Waals surface area contributed by atoms with Gasteiger partial charge in [0, 0.05) is 25.4 Å². The number of aryl methyl sites for hydroxylation is 1. The summed E-state index contributed by atoms with van der Waals surface area (Å²) in [6, 6.07) is 8.09. The van der Waals surface area contributed by atoms with Crippen LogP contribution in [0.5, 0.6) is 5.75 Å². The molecule has 0 atom stereocenters. The van der Waals surface area contributed by atoms with Crippen LogP contribution in [0.15, 0.2) is 34.9 Å². The van der Waals surface area contributed by atoms with E-state index in [4.69, 9.17) is 4.74 Å². The van der Waals surface area contributed by atoms with Gasteiger partial charge in [0.25, 0.3) is 0 Å². The zero-order valence-corrected chi connectivity index (χ0v) is 14.4. The summed E-state index contributed by atoms with van der Waals surface area (Å²) in [5.74, 6) is 1.52. The fraction of sp³-hybridized carbons (Fsp3) is 0.438. The molecule has 21 heavy (non-hydrogen) atoms. The zero-order valence-electron chi connectivity index (χ0n) is 12.8. The summed E-state index contributed by atoms with van der Waals surface area (Å²) < 4.78 is 8.72. The van der Waals surface area contributed by atoms with Gasteiger partial charge >= 0.3 is 0 Å². The van der Waals surface area contributed by atoms with E-state index in [1.165, 1.54) is 0 Å². The van der Waals surface area contributed by atoms with Crippen LogP contribution < -0.4 is 10.1 Å². The van der Waals surface area contributed by atoms with Gasteiger partial charge in [0.15, 0.2) is 0 Å². The van der Waals surface area contributed by atoms with E-state index in [9.17, 15) is 0 Å². The van der Waals surface area contributed by atoms with Gasteiger partial charge in [-0.15, -0.1) is 0 Å². The van der Waals surface area contributed by atoms with Crippen molar-refractivity contribution in [1.82, 2.24) is 15.1 Å². The largest absolute Gasteiger partial charge is 0.486 e. The Hall–Kier alpha value is -1.33. The first-order valence-corrected chi connectivity index (χ1v) is 7.95. The van der Waals surface area contributed by atoms with Crippen molar-refractivity contribution in [2.24, 2.45) is 13.0 Å². The third-order valence-corrected chi connectivity index (χ3v) is 3.67. The Bertz CT molecular complexity index is 581. The molecule has 1 heterocycles. The number of hydrogen-bond donors (Lipinski definition) is 1. The Kier molecular flexibility index (Phi) is 5.82. The SMILES string of the molecule is CC(C)CNCc1cccc(Br)c1OCc1ccn(C)n1. The monoisotopic (exact) mass is 351 g/mol. The average molecular weight is 352 g/mol. The number of rotatable bonds is 7. The van der Waals surface area contributed by atoms with Crippen LogP contribution in [0.2, 0.25) is 0 Å². The summed E-state index contributed by atoms with van der Waals surface area (Å²) in [6.07, 6.45) is 1.92. The highest BCUT2D eigenvalue weighted by molar-refractivity contribution is 9.10. The zero-order chi connectivity index (χ0) is 15.2. The molecule has 1 aromatic heterocycles. The average Bonchev–Trinajstić information content (AvgIpc) is 2.83. The normalized spacial score (nSPS) is 11.1. The van der Waals surface area contributed by atoms with Crippen molar-refractivity contribution in [3.8, 4) is 5.75 Å². The lowest BCUT2D eigenvalue weighted by atomic mass is 10.2. The Morgan fingerprint density at radius 3 is 2.81 bits per heavy atom. The fourth-order valence-electron chi connectivity index (χ4n) is 2.04. The lowest BCUT2D eigenvalue weighted by molar-refractivity contribution is 0.294. The van der Waals surface area contributed by atoms with Gasteiger partial charge < -0.3 is 10.1 Å². The highest BCUT2D eigenvalue weighted by Crippen LogP contribution is 2.29. The van der Waals surface area contributed by atoms with Gasteiger partial charge in [0.2, 0.25) is 0 Å². The number of nitrogens with zero attached hydrogens (tertiary/aromatic N) is 2. The van der Waals surface area contributed by atoms with E-state index in [1.807, 2.05) is 31.4 Å². The molecule has 2 rings (SSSR count). The van der Waals surface area contributed by atoms with Crippen molar-refractivity contribution in [2.75, 3.05) is 6.54 Å². The van der Waals surface area contributed by atoms with Gasteiger partial charge in [0.1, 0.15) is 12.4 Å². The summed E-state index contributed by atoms with van der Waals surface area (Å²) in [5.41, 5.74) is 2.08. The Balaban J connectivity index is 2.02. The molecule has 5 heteroatoms. The first kappa shape index (κ1) is 16.0. The molecule has 2 aromatic rings. The first-order valence-electron chi connectivity index (χ1n) is 7.15. The number of ether oxygens (including phenoxy) is 1. The molecule has 114 valence electrons. The molecular formula is C16H22BrN3O. The van der Waals surface area contributed by atoms with Crippen molar-refractivity contribution < 1.29 is 4.74 Å². The second kappa shape index (κ2) is 7.61. The number of para-hydroxylation sites is 1. The molecule has 4 nitrogen and oxygen atoms in total. The summed E-state index contributed by atoms with van der Waals surface area (Å²) in [5, 5.41) is 7.78. The standard InChI is InChI=1S/C16H22BrN3O/c1-12(2)9-18-10-13-5-4-6-15(17)16(13)21-11-14-7-8-20(3)19-14/h4-8,12,18H,9-11H2,1-3H3. The van der Waals surface area contributed by atoms with Crippen LogP contribution in [0, 0.1) is 5.92 Å². The third kappa shape index (κ3) is 4.86. The summed E-state index contributed by atoms with van der Waals surface area (Å²) in [7, 11) is 1.91. The van der Waals surface area contributed by atoms with Crippen molar-refractivity contribution in [2.45, 2.75) is 27.0 Å². The van der Waals surface area contributed by atoms with Gasteiger partial charge in [-0.05, 0) is 40.5 Å². The molecular weight excluding hydrogens is 330 g/mol. The van der Waals surface area contributed by atoms with Gasteiger partial charge in [-0.1, -0.05) is 26.0 Å². The summed E-state index contributed by atoms with van der Waals surface area (Å²) >= 11 is 3.57. The van der Waals surface area contributed by atoms with E-state index < -0.39 is 0 Å². The third-order valence-electron chi connectivity index (χ3n) is 3.05. The summed E-state index contributed by atoms with van der Waals surface area (Å²) in [6.45, 7) is 6.67. The molecule has 0 fully saturated rings. The Morgan fingerprint density at radius 1 is 1.33 bits per heavy atom. The Morgan fingerprint density at radius 2 is 2.14 bits per heavy atom. The molecule has 1 N–H and O–H groups in total. The Labute approximate surface area is 134 Å². The van der Waals surface area contributed by atoms with Crippen molar-refractivity contribution in [1.29, 1.82) is 0 Å². The molecule has 0 saturated carbocycles. The molecule has 0 unspecified atom stereocenters. The van der Waals surface area contributed by atoms with Gasteiger partial charge in [-0.25, -0.2) is 0 Å². The molecule has 0 aliphatic carbocycles. The first-order chi connectivity index (χ1) is 10.1. The lowest BCUT2D eigenvalue weighted by Crippen LogP contribution is -2.19. The van der Waals surface area contributed by atoms with Crippen molar-refractivity contribution >= 4 is 15.9 Å². The topological polar surface area (TPSA) is 39.1 Å². The van der Waals surface area contributed by atoms with Gasteiger partial charge in [-0.3, -0.25) is 4.68 Å². The van der Waals surface area contributed by atoms with Crippen molar-refractivity contribution in [3.05, 3.63) is 46.2 Å². The maximum atomic E-state index is 5.96. The maximum absolute atomic E-state index is 5.96. The van der Waals surface area contributed by atoms with Gasteiger partial charge in [0.05, 0.1) is 10.2 Å². The van der Waals surface area contributed by atoms with Crippen LogP contribution in [-0.4, -0.2) is 16.3 Å². The quantitative estimate of drug-likeness (QED) is 0.829. The van der Waals surface area contributed by atoms with Crippen LogP contribution in [-0.2, 0) is 20.2 Å². The van der Waals surface area contributed by atoms with Crippen LogP contribution in [0.4, 0.5) is 0 Å². The molecule has 0 spiro atoms. The van der Waals surface area contributed by atoms with E-state index >= 15 is 0 Å². The molecule has 0 aliphatic heterocycles. The molecule has 0 aliphatic rings. The summed E-state index contributed by atoms with van der Waals surface area (Å²) in [4.78, 5) is 0. The van der Waals surface area contributed by atoms with Crippen LogP contribution in [0.25, 0.3) is 0 Å². The van der Waals surface area contributed by atoms with E-state index in [-0.39, 0.29) is 0 Å². The van der Waals surface area contributed by atoms with Crippen LogP contribution in [0.3, 0.4) is 0 Å². The molecule has 1 aromatic carbocycles. The lowest BCUT2D eigenvalue weighted by Gasteiger charge is -2.14.